The lowest BCUT2D eigenvalue weighted by molar-refractivity contribution is 0.115. The number of rotatable bonds is 18. The number of methoxy groups -OCH3 is 2. The number of fused-ring (bicyclic) bond motifs is 2. The summed E-state index contributed by atoms with van der Waals surface area (Å²) in [5.41, 5.74) is 16.4. The Balaban J connectivity index is 0.000000175. The second-order valence-electron chi connectivity index (χ2n) is 25.0. The monoisotopic (exact) mass is 1510 g/mol. The van der Waals surface area contributed by atoms with Gasteiger partial charge in [0.25, 0.3) is 0 Å². The lowest BCUT2D eigenvalue weighted by Crippen LogP contribution is -2.53. The average molecular weight is 1510 g/mol. The third-order valence-electron chi connectivity index (χ3n) is 18.8. The van der Waals surface area contributed by atoms with Crippen LogP contribution in [0.15, 0.2) is 94.7 Å². The van der Waals surface area contributed by atoms with Crippen LogP contribution in [0.4, 0.5) is 63.1 Å². The zero-order valence-corrected chi connectivity index (χ0v) is 62.3. The van der Waals surface area contributed by atoms with E-state index >= 15 is 0 Å². The van der Waals surface area contributed by atoms with Crippen LogP contribution in [-0.2, 0) is 32.9 Å². The third-order valence-corrected chi connectivity index (χ3v) is 22.5. The molecule has 0 saturated carbocycles. The molecular formula is C67H88Br2ClN19O6S2. The minimum atomic E-state index is -3.61. The summed E-state index contributed by atoms with van der Waals surface area (Å²) in [6, 6.07) is 16.1. The number of ether oxygens (including phenoxy) is 2. The van der Waals surface area contributed by atoms with E-state index in [0.29, 0.717) is 83.1 Å². The quantitative estimate of drug-likeness (QED) is 0.0459. The molecule has 4 aliphatic heterocycles. The van der Waals surface area contributed by atoms with Gasteiger partial charge in [0.05, 0.1) is 69.5 Å². The molecule has 25 nitrogen and oxygen atoms in total. The molecule has 0 unspecified atom stereocenters. The number of hydrogen-bond acceptors (Lipinski definition) is 23. The van der Waals surface area contributed by atoms with E-state index in [4.69, 9.17) is 31.8 Å². The number of nitrogens with one attached hydrogen (secondary N) is 3. The molecule has 520 valence electrons. The van der Waals surface area contributed by atoms with Crippen LogP contribution in [0.5, 0.6) is 11.5 Å². The van der Waals surface area contributed by atoms with Crippen molar-refractivity contribution in [2.75, 3.05) is 160 Å². The van der Waals surface area contributed by atoms with E-state index < -0.39 is 20.0 Å². The Bertz CT molecular complexity index is 4290. The van der Waals surface area contributed by atoms with Crippen LogP contribution in [0.3, 0.4) is 0 Å². The molecule has 4 aromatic carbocycles. The molecule has 0 aliphatic carbocycles. The van der Waals surface area contributed by atoms with Gasteiger partial charge in [0.15, 0.2) is 0 Å². The summed E-state index contributed by atoms with van der Waals surface area (Å²) in [5, 5.41) is 9.78. The van der Waals surface area contributed by atoms with Gasteiger partial charge in [-0.3, -0.25) is 33.4 Å². The molecule has 0 radical (unpaired) electrons. The number of nitrogens with zero attached hydrogens (tertiary/aromatic N) is 15. The fourth-order valence-corrected chi connectivity index (χ4v) is 14.9. The van der Waals surface area contributed by atoms with Crippen molar-refractivity contribution in [3.05, 3.63) is 111 Å². The topological polar surface area (TPSA) is 275 Å². The number of aromatic nitrogens is 8. The van der Waals surface area contributed by atoms with Crippen LogP contribution >= 0.6 is 43.5 Å². The van der Waals surface area contributed by atoms with E-state index in [1.54, 1.807) is 57.1 Å². The molecular weight excluding hydrogens is 1430 g/mol. The number of piperazine rings is 1. The zero-order valence-electron chi connectivity index (χ0n) is 56.7. The van der Waals surface area contributed by atoms with Gasteiger partial charge in [-0.2, -0.15) is 9.97 Å². The average Bonchev–Trinajstić information content (AvgIpc) is 0.794. The molecule has 4 aliphatic rings. The lowest BCUT2D eigenvalue weighted by atomic mass is 9.78. The molecule has 5 N–H and O–H groups in total. The number of anilines is 11. The summed E-state index contributed by atoms with van der Waals surface area (Å²) in [5.74, 6) is 4.54. The van der Waals surface area contributed by atoms with Crippen molar-refractivity contribution in [3.8, 4) is 11.5 Å². The fourth-order valence-electron chi connectivity index (χ4n) is 13.2. The predicted octanol–water partition coefficient (Wildman–Crippen LogP) is 11.2. The number of hydrogen-bond donors (Lipinski definition) is 4. The first kappa shape index (κ1) is 72.5. The molecule has 0 atom stereocenters. The molecule has 4 fully saturated rings. The van der Waals surface area contributed by atoms with Crippen molar-refractivity contribution in [2.45, 2.75) is 71.3 Å². The van der Waals surface area contributed by atoms with Crippen LogP contribution in [0.1, 0.15) is 63.5 Å². The van der Waals surface area contributed by atoms with Crippen molar-refractivity contribution >= 4 is 149 Å². The Hall–Kier alpha value is -7.25. The van der Waals surface area contributed by atoms with Crippen molar-refractivity contribution in [2.24, 2.45) is 11.8 Å². The number of likely N-dealkylation sites (tertiary alicyclic amines) is 2. The van der Waals surface area contributed by atoms with Gasteiger partial charge in [-0.15, -0.1) is 0 Å². The van der Waals surface area contributed by atoms with Crippen LogP contribution < -0.4 is 49.6 Å². The van der Waals surface area contributed by atoms with Gasteiger partial charge in [0.1, 0.15) is 45.5 Å². The Morgan fingerprint density at radius 1 is 0.567 bits per heavy atom. The van der Waals surface area contributed by atoms with Gasteiger partial charge < -0.3 is 50.8 Å². The number of piperidine rings is 3. The number of sulfonamides is 2. The van der Waals surface area contributed by atoms with E-state index in [1.165, 1.54) is 124 Å². The molecule has 12 rings (SSSR count). The van der Waals surface area contributed by atoms with Gasteiger partial charge in [-0.05, 0) is 194 Å². The van der Waals surface area contributed by atoms with E-state index in [-0.39, 0.29) is 5.28 Å². The van der Waals surface area contributed by atoms with Crippen LogP contribution in [0.2, 0.25) is 5.28 Å². The maximum absolute atomic E-state index is 12.6. The standard InChI is InChI=1S/C33H43BrN10O3S.C20H33N3O.C14H12BrClN6O2S/c1-6-22-19-27(29(47-4)20-28(22)44-17-15-43(16-18-44)23-9-13-41(2)14-10-23)39-33-37-21-24(34)32(40-33)38-26-8-7-25-30(36-12-11-35-25)31(26)42(3)48(5,45)46;1-4-15-13-18(21)20(24-3)14-19(15)23-11-7-17(8-12-23)16-5-9-22(2)10-6-16;1-22(25(2,23)24)12-10(4-3-9-11(12)18-6-5-17-9)20-13-8(15)7-19-14(16)21-13/h7-8,11-12,19-21,23H,6,9-10,13-18H2,1-5H3,(H2,37,38,39,40);13-14,16-17H,4-12,21H2,1-3H3;3-7H,1-2H3,(H,19,20,21). The smallest absolute Gasteiger partial charge is 0.232 e. The second kappa shape index (κ2) is 32.2. The van der Waals surface area contributed by atoms with Crippen LogP contribution in [0.25, 0.3) is 22.1 Å². The molecule has 0 spiro atoms. The molecule has 8 aromatic rings. The van der Waals surface area contributed by atoms with Gasteiger partial charge >= 0.3 is 0 Å². The first-order valence-electron chi connectivity index (χ1n) is 32.6. The second-order valence-corrected chi connectivity index (χ2v) is 31.0. The highest BCUT2D eigenvalue weighted by atomic mass is 79.9. The van der Waals surface area contributed by atoms with E-state index in [1.807, 2.05) is 0 Å². The molecule has 4 saturated heterocycles. The maximum atomic E-state index is 12.6. The highest BCUT2D eigenvalue weighted by molar-refractivity contribution is 9.11. The summed E-state index contributed by atoms with van der Waals surface area (Å²) in [6.07, 6.45) is 21.3. The summed E-state index contributed by atoms with van der Waals surface area (Å²) in [7, 11) is 3.64. The lowest BCUT2D eigenvalue weighted by Gasteiger charge is -2.43. The Kier molecular flexibility index (Phi) is 24.0. The summed E-state index contributed by atoms with van der Waals surface area (Å²) < 4.78 is 64.2. The highest BCUT2D eigenvalue weighted by Crippen LogP contribution is 2.42. The summed E-state index contributed by atoms with van der Waals surface area (Å²) >= 11 is 12.7. The first-order valence-corrected chi connectivity index (χ1v) is 38.3. The Morgan fingerprint density at radius 2 is 1.02 bits per heavy atom. The molecule has 0 amide bonds. The Labute approximate surface area is 591 Å². The van der Waals surface area contributed by atoms with E-state index in [9.17, 15) is 16.8 Å². The Morgan fingerprint density at radius 3 is 1.53 bits per heavy atom. The van der Waals surface area contributed by atoms with Gasteiger partial charge in [0.2, 0.25) is 31.3 Å². The number of nitrogens with two attached hydrogens (primary N) is 1. The van der Waals surface area contributed by atoms with Crippen molar-refractivity contribution in [1.82, 2.24) is 54.6 Å². The third kappa shape index (κ3) is 17.6. The summed E-state index contributed by atoms with van der Waals surface area (Å²) in [4.78, 5) is 47.1. The number of aryl methyl sites for hydroxylation is 2. The number of benzene rings is 4. The van der Waals surface area contributed by atoms with Gasteiger partial charge in [0, 0.05) is 120 Å². The van der Waals surface area contributed by atoms with Gasteiger partial charge in [-0.25, -0.2) is 26.8 Å². The first-order chi connectivity index (χ1) is 46.4. The predicted molar refractivity (Wildman–Crippen MR) is 399 cm³/mol. The molecule has 4 aromatic heterocycles. The summed E-state index contributed by atoms with van der Waals surface area (Å²) in [6.45, 7) is 15.7. The fraction of sp³-hybridized carbons (Fsp3) is 0.463. The SMILES string of the molecule is CCc1cc(N)c(OC)cc1N1CCC(C2CCN(C)CC2)CC1.CCc1cc(Nc2ncc(Br)c(Nc3ccc4nccnc4c3N(C)S(C)(=O)=O)n2)c(OC)cc1N1CCN(C2CCN(C)CC2)CC1.CN(c1c(Nc2nc(Cl)ncc2Br)ccc2nccnc12)S(C)(=O)=O. The highest BCUT2D eigenvalue weighted by Gasteiger charge is 2.32. The van der Waals surface area contributed by atoms with E-state index in [2.05, 4.69) is 159 Å². The zero-order chi connectivity index (χ0) is 69.3. The molecule has 30 heteroatoms. The molecule has 0 bridgehead atoms. The van der Waals surface area contributed by atoms with E-state index in [0.717, 1.165) is 97.9 Å². The normalized spacial score (nSPS) is 16.5. The van der Waals surface area contributed by atoms with Crippen LogP contribution in [0, 0.1) is 11.8 Å². The minimum absolute atomic E-state index is 0.0595. The largest absolute Gasteiger partial charge is 0.495 e. The van der Waals surface area contributed by atoms with Crippen molar-refractivity contribution < 1.29 is 26.3 Å². The minimum Gasteiger partial charge on any atom is -0.495 e. The van der Waals surface area contributed by atoms with Crippen LogP contribution in [-0.4, -0.2) is 198 Å². The van der Waals surface area contributed by atoms with Crippen molar-refractivity contribution in [1.29, 1.82) is 0 Å². The van der Waals surface area contributed by atoms with Crippen molar-refractivity contribution in [3.63, 3.8) is 0 Å². The number of nitrogen functional groups attached to an aromatic ring is 1. The maximum Gasteiger partial charge on any atom is 0.232 e. The molecule has 97 heavy (non-hydrogen) atoms. The number of halogens is 3. The van der Waals surface area contributed by atoms with Gasteiger partial charge in [-0.1, -0.05) is 13.8 Å². The molecule has 8 heterocycles.